The lowest BCUT2D eigenvalue weighted by molar-refractivity contribution is -0.132. The molecule has 29 heavy (non-hydrogen) atoms. The normalized spacial score (nSPS) is 14.6. The number of piperidine rings is 1. The van der Waals surface area contributed by atoms with E-state index in [1.807, 2.05) is 47.5 Å². The number of hydrogen-bond donors (Lipinski definition) is 0. The van der Waals surface area contributed by atoms with Crippen LogP contribution in [0.2, 0.25) is 0 Å². The van der Waals surface area contributed by atoms with Crippen LogP contribution in [0.15, 0.2) is 54.9 Å². The summed E-state index contributed by atoms with van der Waals surface area (Å²) in [5, 5.41) is 12.4. The van der Waals surface area contributed by atoms with Gasteiger partial charge in [-0.05, 0) is 29.8 Å². The molecule has 0 radical (unpaired) electrons. The van der Waals surface area contributed by atoms with Gasteiger partial charge >= 0.3 is 0 Å². The average molecular weight is 393 g/mol. The zero-order chi connectivity index (χ0) is 20.1. The number of amides is 1. The molecule has 4 rings (SSSR count). The highest BCUT2D eigenvalue weighted by Gasteiger charge is 2.24. The van der Waals surface area contributed by atoms with Crippen molar-refractivity contribution in [3.8, 4) is 17.4 Å². The summed E-state index contributed by atoms with van der Waals surface area (Å²) in [6.45, 7) is 1.36. The molecule has 3 heterocycles. The molecule has 0 saturated carbocycles. The summed E-state index contributed by atoms with van der Waals surface area (Å²) in [6.07, 6.45) is 5.48. The van der Waals surface area contributed by atoms with Crippen molar-refractivity contribution < 1.29 is 14.3 Å². The van der Waals surface area contributed by atoms with Crippen LogP contribution in [0.25, 0.3) is 5.82 Å². The molecule has 0 N–H and O–H groups in total. The van der Waals surface area contributed by atoms with Crippen LogP contribution in [-0.4, -0.2) is 57.1 Å². The molecular weight excluding hydrogens is 370 g/mol. The predicted molar refractivity (Wildman–Crippen MR) is 106 cm³/mol. The predicted octanol–water partition coefficient (Wildman–Crippen LogP) is 2.28. The van der Waals surface area contributed by atoms with Gasteiger partial charge in [0.15, 0.2) is 5.82 Å². The van der Waals surface area contributed by atoms with Gasteiger partial charge in [-0.15, -0.1) is 10.2 Å². The van der Waals surface area contributed by atoms with Crippen LogP contribution >= 0.6 is 0 Å². The third kappa shape index (κ3) is 4.71. The smallest absolute Gasteiger partial charge is 0.233 e. The van der Waals surface area contributed by atoms with Gasteiger partial charge in [-0.1, -0.05) is 12.1 Å². The first-order valence-corrected chi connectivity index (χ1v) is 9.62. The number of aromatic nitrogens is 4. The average Bonchev–Trinajstić information content (AvgIpc) is 3.30. The van der Waals surface area contributed by atoms with Gasteiger partial charge in [-0.25, -0.2) is 4.68 Å². The first-order chi connectivity index (χ1) is 14.2. The largest absolute Gasteiger partial charge is 0.497 e. The van der Waals surface area contributed by atoms with Crippen molar-refractivity contribution in [2.75, 3.05) is 20.2 Å². The second-order valence-corrected chi connectivity index (χ2v) is 6.90. The minimum Gasteiger partial charge on any atom is -0.497 e. The molecule has 1 aliphatic heterocycles. The van der Waals surface area contributed by atoms with Gasteiger partial charge in [0.2, 0.25) is 11.8 Å². The minimum absolute atomic E-state index is 0.0323. The van der Waals surface area contributed by atoms with Gasteiger partial charge < -0.3 is 14.4 Å². The standard InChI is InChI=1S/C21H23N5O3/c1-28-17-5-3-16(4-6-17)15-21(27)25-13-9-18(10-14-25)29-20-8-7-19(23-24-20)26-12-2-11-22-26/h2-8,11-12,18H,9-10,13-15H2,1H3. The molecular formula is C21H23N5O3. The second kappa shape index (κ2) is 8.72. The first kappa shape index (κ1) is 18.9. The topological polar surface area (TPSA) is 82.4 Å². The molecule has 0 aliphatic carbocycles. The highest BCUT2D eigenvalue weighted by molar-refractivity contribution is 5.78. The number of likely N-dealkylation sites (tertiary alicyclic amines) is 1. The maximum Gasteiger partial charge on any atom is 0.233 e. The van der Waals surface area contributed by atoms with E-state index in [0.717, 1.165) is 24.2 Å². The molecule has 1 amide bonds. The summed E-state index contributed by atoms with van der Waals surface area (Å²) < 4.78 is 12.7. The Bertz CT molecular complexity index is 918. The van der Waals surface area contributed by atoms with E-state index < -0.39 is 0 Å². The molecule has 0 bridgehead atoms. The van der Waals surface area contributed by atoms with Crippen LogP contribution in [0, 0.1) is 0 Å². The maximum atomic E-state index is 12.6. The number of nitrogens with zero attached hydrogens (tertiary/aromatic N) is 5. The van der Waals surface area contributed by atoms with Crippen molar-refractivity contribution in [3.05, 3.63) is 60.4 Å². The number of carbonyl (C=O) groups is 1. The van der Waals surface area contributed by atoms with Crippen LogP contribution < -0.4 is 9.47 Å². The molecule has 0 atom stereocenters. The Morgan fingerprint density at radius 1 is 1.10 bits per heavy atom. The first-order valence-electron chi connectivity index (χ1n) is 9.62. The fraction of sp³-hybridized carbons (Fsp3) is 0.333. The van der Waals surface area contributed by atoms with Gasteiger partial charge in [0.05, 0.1) is 13.5 Å². The Hall–Kier alpha value is -3.42. The molecule has 3 aromatic rings. The van der Waals surface area contributed by atoms with Crippen LogP contribution in [0.4, 0.5) is 0 Å². The maximum absolute atomic E-state index is 12.6. The van der Waals surface area contributed by atoms with Gasteiger partial charge in [-0.3, -0.25) is 4.79 Å². The van der Waals surface area contributed by atoms with Crippen molar-refractivity contribution in [1.29, 1.82) is 0 Å². The van der Waals surface area contributed by atoms with Gasteiger partial charge in [0.1, 0.15) is 11.9 Å². The lowest BCUT2D eigenvalue weighted by Gasteiger charge is -2.32. The monoisotopic (exact) mass is 393 g/mol. The van der Waals surface area contributed by atoms with Crippen LogP contribution in [-0.2, 0) is 11.2 Å². The Morgan fingerprint density at radius 3 is 2.52 bits per heavy atom. The van der Waals surface area contributed by atoms with E-state index in [2.05, 4.69) is 15.3 Å². The summed E-state index contributed by atoms with van der Waals surface area (Å²) in [5.74, 6) is 2.06. The van der Waals surface area contributed by atoms with E-state index in [0.29, 0.717) is 31.2 Å². The molecule has 0 unspecified atom stereocenters. The Labute approximate surface area is 169 Å². The third-order valence-corrected chi connectivity index (χ3v) is 4.96. The van der Waals surface area contributed by atoms with Gasteiger partial charge in [-0.2, -0.15) is 5.10 Å². The van der Waals surface area contributed by atoms with E-state index in [1.54, 1.807) is 24.1 Å². The number of ether oxygens (including phenoxy) is 2. The second-order valence-electron chi connectivity index (χ2n) is 6.90. The Morgan fingerprint density at radius 2 is 1.90 bits per heavy atom. The molecule has 2 aromatic heterocycles. The van der Waals surface area contributed by atoms with Crippen molar-refractivity contribution in [2.45, 2.75) is 25.4 Å². The van der Waals surface area contributed by atoms with Crippen molar-refractivity contribution in [3.63, 3.8) is 0 Å². The van der Waals surface area contributed by atoms with Crippen molar-refractivity contribution >= 4 is 5.91 Å². The minimum atomic E-state index is 0.0323. The molecule has 1 fully saturated rings. The third-order valence-electron chi connectivity index (χ3n) is 4.96. The highest BCUT2D eigenvalue weighted by atomic mass is 16.5. The molecule has 1 aliphatic rings. The van der Waals surface area contributed by atoms with Gasteiger partial charge in [0, 0.05) is 44.4 Å². The van der Waals surface area contributed by atoms with E-state index in [-0.39, 0.29) is 12.0 Å². The molecule has 1 aromatic carbocycles. The van der Waals surface area contributed by atoms with Crippen molar-refractivity contribution in [2.24, 2.45) is 0 Å². The SMILES string of the molecule is COc1ccc(CC(=O)N2CCC(Oc3ccc(-n4cccn4)nn3)CC2)cc1. The quantitative estimate of drug-likeness (QED) is 0.639. The zero-order valence-corrected chi connectivity index (χ0v) is 16.3. The van der Waals surface area contributed by atoms with E-state index in [9.17, 15) is 4.79 Å². The summed E-state index contributed by atoms with van der Waals surface area (Å²) in [5.41, 5.74) is 0.988. The Balaban J connectivity index is 1.26. The fourth-order valence-electron chi connectivity index (χ4n) is 3.33. The van der Waals surface area contributed by atoms with E-state index in [1.165, 1.54) is 0 Å². The van der Waals surface area contributed by atoms with Crippen LogP contribution in [0.3, 0.4) is 0 Å². The lowest BCUT2D eigenvalue weighted by Crippen LogP contribution is -2.42. The molecule has 150 valence electrons. The van der Waals surface area contributed by atoms with E-state index in [4.69, 9.17) is 9.47 Å². The summed E-state index contributed by atoms with van der Waals surface area (Å²) in [6, 6.07) is 13.1. The number of hydrogen-bond acceptors (Lipinski definition) is 6. The summed E-state index contributed by atoms with van der Waals surface area (Å²) >= 11 is 0. The Kier molecular flexibility index (Phi) is 5.69. The summed E-state index contributed by atoms with van der Waals surface area (Å²) in [4.78, 5) is 14.5. The fourth-order valence-corrected chi connectivity index (χ4v) is 3.33. The summed E-state index contributed by atoms with van der Waals surface area (Å²) in [7, 11) is 1.63. The molecule has 0 spiro atoms. The number of rotatable bonds is 6. The molecule has 8 heteroatoms. The lowest BCUT2D eigenvalue weighted by atomic mass is 10.1. The number of methoxy groups -OCH3 is 1. The van der Waals surface area contributed by atoms with Crippen molar-refractivity contribution in [1.82, 2.24) is 24.9 Å². The van der Waals surface area contributed by atoms with Gasteiger partial charge in [0.25, 0.3) is 0 Å². The number of benzene rings is 1. The van der Waals surface area contributed by atoms with Crippen LogP contribution in [0.1, 0.15) is 18.4 Å². The van der Waals surface area contributed by atoms with E-state index >= 15 is 0 Å². The highest BCUT2D eigenvalue weighted by Crippen LogP contribution is 2.19. The molecule has 1 saturated heterocycles. The number of carbonyl (C=O) groups excluding carboxylic acids is 1. The zero-order valence-electron chi connectivity index (χ0n) is 16.3. The molecule has 8 nitrogen and oxygen atoms in total. The van der Waals surface area contributed by atoms with Crippen LogP contribution in [0.5, 0.6) is 11.6 Å².